The van der Waals surface area contributed by atoms with Gasteiger partial charge in [0, 0.05) is 42.6 Å². The van der Waals surface area contributed by atoms with Gasteiger partial charge in [0.25, 0.3) is 5.91 Å². The number of hydrogen-bond acceptors (Lipinski definition) is 6. The molecule has 1 aliphatic rings. The van der Waals surface area contributed by atoms with Gasteiger partial charge in [0.2, 0.25) is 5.91 Å². The van der Waals surface area contributed by atoms with Crippen molar-refractivity contribution >= 4 is 70.2 Å². The van der Waals surface area contributed by atoms with E-state index in [9.17, 15) is 14.7 Å². The van der Waals surface area contributed by atoms with E-state index in [1.165, 1.54) is 18.3 Å². The number of phenolic OH excluding ortho intramolecular Hbond substituents is 1. The number of benzene rings is 1. The molecule has 1 aromatic carbocycles. The normalized spacial score (nSPS) is 12.9. The largest absolute Gasteiger partial charge is 0.508 e. The highest BCUT2D eigenvalue weighted by molar-refractivity contribution is 7.08. The molecule has 2 amide bonds. The maximum absolute atomic E-state index is 14.0. The van der Waals surface area contributed by atoms with Crippen LogP contribution in [0.5, 0.6) is 11.5 Å². The van der Waals surface area contributed by atoms with Crippen molar-refractivity contribution in [1.82, 2.24) is 19.6 Å². The highest BCUT2D eigenvalue weighted by atomic mass is 32.1. The van der Waals surface area contributed by atoms with Crippen LogP contribution in [0.1, 0.15) is 48.8 Å². The predicted molar refractivity (Wildman–Crippen MR) is 164 cm³/mol. The number of nitrogens with zero attached hydrogens (tertiary/aromatic N) is 4. The maximum Gasteiger partial charge on any atom is 0.273 e. The van der Waals surface area contributed by atoms with Crippen LogP contribution in [0.3, 0.4) is 0 Å². The third kappa shape index (κ3) is 6.60. The van der Waals surface area contributed by atoms with Crippen LogP contribution < -0.4 is 4.74 Å². The van der Waals surface area contributed by atoms with Gasteiger partial charge in [0.15, 0.2) is 5.69 Å². The van der Waals surface area contributed by atoms with Crippen LogP contribution in [0.15, 0.2) is 29.0 Å². The minimum Gasteiger partial charge on any atom is -0.508 e. The van der Waals surface area contributed by atoms with E-state index in [0.29, 0.717) is 34.9 Å². The quantitative estimate of drug-likeness (QED) is 0.382. The van der Waals surface area contributed by atoms with Crippen LogP contribution in [-0.4, -0.2) is 107 Å². The third-order valence-electron chi connectivity index (χ3n) is 6.70. The zero-order valence-corrected chi connectivity index (χ0v) is 24.1. The van der Waals surface area contributed by atoms with Gasteiger partial charge in [0.05, 0.1) is 58.5 Å². The molecule has 8 nitrogen and oxygen atoms in total. The van der Waals surface area contributed by atoms with E-state index in [0.717, 1.165) is 21.1 Å². The zero-order chi connectivity index (χ0) is 30.3. The minimum absolute atomic E-state index is 0.00518. The summed E-state index contributed by atoms with van der Waals surface area (Å²) in [6.07, 6.45) is 0.806. The number of fused-ring (bicyclic) bond motifs is 3. The highest BCUT2D eigenvalue weighted by Crippen LogP contribution is 2.44. The molecule has 198 valence electrons. The van der Waals surface area contributed by atoms with E-state index in [1.807, 2.05) is 22.9 Å². The summed E-state index contributed by atoms with van der Waals surface area (Å²) in [6.45, 7) is 5.35. The van der Waals surface area contributed by atoms with Crippen molar-refractivity contribution in [3.05, 3.63) is 45.8 Å². The van der Waals surface area contributed by atoms with Crippen LogP contribution in [0.4, 0.5) is 0 Å². The number of ether oxygens (including phenoxy) is 1. The highest BCUT2D eigenvalue weighted by Gasteiger charge is 2.35. The van der Waals surface area contributed by atoms with Gasteiger partial charge < -0.3 is 19.6 Å². The smallest absolute Gasteiger partial charge is 0.273 e. The molecule has 0 bridgehead atoms. The monoisotopic (exact) mass is 556 g/mol. The van der Waals surface area contributed by atoms with Crippen LogP contribution in [-0.2, 0) is 17.8 Å². The summed E-state index contributed by atoms with van der Waals surface area (Å²) in [5, 5.41) is 15.2. The molecule has 0 saturated carbocycles. The van der Waals surface area contributed by atoms with Gasteiger partial charge in [-0.05, 0) is 41.8 Å². The van der Waals surface area contributed by atoms with E-state index in [1.54, 1.807) is 10.7 Å². The molecule has 4 rings (SSSR count). The number of aromatic hydroxyl groups is 1. The molecule has 3 heterocycles. The lowest BCUT2D eigenvalue weighted by Gasteiger charge is -2.40. The lowest BCUT2D eigenvalue weighted by atomic mass is 9.48. The number of carbonyl (C=O) groups excluding carboxylic acids is 2. The molecular weight excluding hydrogens is 529 g/mol. The lowest BCUT2D eigenvalue weighted by Crippen LogP contribution is -2.56. The second-order valence-electron chi connectivity index (χ2n) is 10.7. The maximum atomic E-state index is 14.0. The van der Waals surface area contributed by atoms with Gasteiger partial charge in [-0.1, -0.05) is 24.3 Å². The van der Waals surface area contributed by atoms with Gasteiger partial charge in [0.1, 0.15) is 18.1 Å². The van der Waals surface area contributed by atoms with Crippen LogP contribution in [0.25, 0.3) is 16.9 Å². The Balaban J connectivity index is 1.76. The summed E-state index contributed by atoms with van der Waals surface area (Å²) in [5.41, 5.74) is 3.39. The van der Waals surface area contributed by atoms with Crippen molar-refractivity contribution in [3.63, 3.8) is 0 Å². The number of aromatic nitrogens is 2. The van der Waals surface area contributed by atoms with Crippen LogP contribution in [0, 0.1) is 5.92 Å². The average molecular weight is 555 g/mol. The Hall–Kier alpha value is -2.94. The van der Waals surface area contributed by atoms with Gasteiger partial charge >= 0.3 is 0 Å². The molecule has 0 aliphatic carbocycles. The first-order valence-electron chi connectivity index (χ1n) is 13.1. The van der Waals surface area contributed by atoms with Gasteiger partial charge in [-0.15, -0.1) is 0 Å². The summed E-state index contributed by atoms with van der Waals surface area (Å²) >= 11 is 1.48. The fraction of sp³-hybridized carbons (Fsp3) is 0.423. The van der Waals surface area contributed by atoms with E-state index < -0.39 is 22.3 Å². The summed E-state index contributed by atoms with van der Waals surface area (Å²) < 4.78 is 7.66. The number of hydrogen-bond donors (Lipinski definition) is 1. The molecule has 2 aromatic heterocycles. The number of amides is 2. The Kier molecular flexibility index (Phi) is 8.88. The fourth-order valence-corrected chi connectivity index (χ4v) is 5.50. The van der Waals surface area contributed by atoms with Crippen LogP contribution in [0.2, 0.25) is 0 Å². The Labute approximate surface area is 252 Å². The molecule has 1 aliphatic heterocycles. The van der Waals surface area contributed by atoms with E-state index in [2.05, 4.69) is 18.9 Å². The Morgan fingerprint density at radius 2 is 1.78 bits per heavy atom. The summed E-state index contributed by atoms with van der Waals surface area (Å²) in [7, 11) is 35.2. The SMILES string of the molecule is [B]C([B])([B])N(CCCN(C(=O)c1nn(-c2ccsc2)c2c1COc1cc(O)c(CC(C)C)cc1-2)C([B])([B])[B])C(C)=O. The van der Waals surface area contributed by atoms with Crippen molar-refractivity contribution in [2.24, 2.45) is 5.92 Å². The van der Waals surface area contributed by atoms with Crippen LogP contribution >= 0.6 is 11.3 Å². The Morgan fingerprint density at radius 3 is 2.34 bits per heavy atom. The molecule has 0 atom stereocenters. The summed E-state index contributed by atoms with van der Waals surface area (Å²) in [5.74, 6) is -0.176. The van der Waals surface area contributed by atoms with E-state index >= 15 is 0 Å². The Morgan fingerprint density at radius 1 is 1.12 bits per heavy atom. The first-order valence-corrected chi connectivity index (χ1v) is 14.0. The number of rotatable bonds is 10. The first-order chi connectivity index (χ1) is 19.1. The number of carbonyl (C=O) groups is 2. The molecule has 0 saturated heterocycles. The van der Waals surface area contributed by atoms with Gasteiger partial charge in [-0.25, -0.2) is 4.68 Å². The third-order valence-corrected chi connectivity index (χ3v) is 7.37. The van der Waals surface area contributed by atoms with Crippen molar-refractivity contribution in [3.8, 4) is 28.4 Å². The fourth-order valence-electron chi connectivity index (χ4n) is 4.88. The second-order valence-corrected chi connectivity index (χ2v) is 11.5. The topological polar surface area (TPSA) is 87.9 Å². The molecule has 41 heavy (non-hydrogen) atoms. The van der Waals surface area contributed by atoms with E-state index in [-0.39, 0.29) is 37.6 Å². The molecule has 12 radical (unpaired) electrons. The van der Waals surface area contributed by atoms with Crippen molar-refractivity contribution in [1.29, 1.82) is 0 Å². The van der Waals surface area contributed by atoms with Crippen molar-refractivity contribution < 1.29 is 19.4 Å². The predicted octanol–water partition coefficient (Wildman–Crippen LogP) is 1.31. The molecule has 15 heteroatoms. The molecule has 1 N–H and O–H groups in total. The number of phenols is 1. The second kappa shape index (κ2) is 11.7. The Bertz CT molecular complexity index is 1430. The van der Waals surface area contributed by atoms with Gasteiger partial charge in [-0.3, -0.25) is 9.59 Å². The standard InChI is InChI=1S/C26H26B6N4O4S/c1-14(2)9-16-10-18-21(11-20(16)38)40-12-19-22(33-36(23(18)19)17-5-8-41-13-17)24(39)35(26(30,31)32)7-4-6-34(15(3)37)25(27,28)29/h5,8,10-11,13-14,38H,4,6-7,9,12H2,1-3H3. The molecular formula is C26H26B6N4O4S. The first kappa shape index (κ1) is 31.0. The van der Waals surface area contributed by atoms with Crippen molar-refractivity contribution in [2.45, 2.75) is 50.7 Å². The molecule has 0 spiro atoms. The minimum atomic E-state index is -2.06. The lowest BCUT2D eigenvalue weighted by molar-refractivity contribution is -0.129. The summed E-state index contributed by atoms with van der Waals surface area (Å²) in [6, 6.07) is 5.34. The summed E-state index contributed by atoms with van der Waals surface area (Å²) in [4.78, 5) is 28.1. The van der Waals surface area contributed by atoms with Crippen molar-refractivity contribution in [2.75, 3.05) is 13.1 Å². The molecule has 0 fully saturated rings. The zero-order valence-electron chi connectivity index (χ0n) is 23.3. The number of thiophene rings is 1. The van der Waals surface area contributed by atoms with E-state index in [4.69, 9.17) is 51.8 Å². The average Bonchev–Trinajstić information content (AvgIpc) is 3.50. The van der Waals surface area contributed by atoms with Gasteiger partial charge in [-0.2, -0.15) is 16.4 Å². The molecule has 3 aromatic rings. The molecule has 0 unspecified atom stereocenters.